The number of piperidine rings is 1. The number of nitrogens with one attached hydrogen (secondary N) is 3. The maximum atomic E-state index is 13.5. The number of fused-ring (bicyclic) bond motifs is 1. The first-order valence-corrected chi connectivity index (χ1v) is 11.7. The van der Waals surface area contributed by atoms with Crippen molar-refractivity contribution >= 4 is 23.6 Å². The molecule has 9 nitrogen and oxygen atoms in total. The van der Waals surface area contributed by atoms with Crippen LogP contribution in [-0.2, 0) is 19.2 Å². The van der Waals surface area contributed by atoms with Crippen molar-refractivity contribution in [3.8, 4) is 6.07 Å². The summed E-state index contributed by atoms with van der Waals surface area (Å²) in [5, 5.41) is 16.7. The zero-order chi connectivity index (χ0) is 26.5. The molecule has 1 aliphatic carbocycles. The van der Waals surface area contributed by atoms with Crippen LogP contribution in [0.5, 0.6) is 0 Å². The Labute approximate surface area is 202 Å². The van der Waals surface area contributed by atoms with Gasteiger partial charge in [-0.1, -0.05) is 34.6 Å². The molecule has 0 spiro atoms. The highest BCUT2D eigenvalue weighted by molar-refractivity contribution is 5.95. The molecule has 0 aromatic carbocycles. The molecule has 194 valence electrons. The van der Waals surface area contributed by atoms with Gasteiger partial charge in [-0.3, -0.25) is 19.2 Å². The number of likely N-dealkylation sites (tertiary alicyclic amines) is 1. The fourth-order valence-corrected chi connectivity index (χ4v) is 5.40. The predicted molar refractivity (Wildman–Crippen MR) is 117 cm³/mol. The Balaban J connectivity index is 1.81. The summed E-state index contributed by atoms with van der Waals surface area (Å²) >= 11 is 0. The van der Waals surface area contributed by atoms with E-state index in [9.17, 15) is 37.6 Å². The maximum absolute atomic E-state index is 13.5. The lowest BCUT2D eigenvalue weighted by molar-refractivity contribution is -0.176. The Bertz CT molecular complexity index is 952. The van der Waals surface area contributed by atoms with Gasteiger partial charge in [0.05, 0.1) is 6.07 Å². The van der Waals surface area contributed by atoms with E-state index in [1.54, 1.807) is 5.32 Å². The molecule has 3 fully saturated rings. The third-order valence-electron chi connectivity index (χ3n) is 7.56. The molecule has 2 heterocycles. The van der Waals surface area contributed by atoms with Gasteiger partial charge in [-0.05, 0) is 35.5 Å². The summed E-state index contributed by atoms with van der Waals surface area (Å²) < 4.78 is 38.8. The predicted octanol–water partition coefficient (Wildman–Crippen LogP) is 1.10. The molecule has 12 heteroatoms. The van der Waals surface area contributed by atoms with Crippen molar-refractivity contribution in [3.05, 3.63) is 0 Å². The molecule has 0 aromatic heterocycles. The van der Waals surface area contributed by atoms with Crippen molar-refractivity contribution in [3.63, 3.8) is 0 Å². The Morgan fingerprint density at radius 2 is 1.86 bits per heavy atom. The highest BCUT2D eigenvalue weighted by Gasteiger charge is 2.70. The van der Waals surface area contributed by atoms with Gasteiger partial charge >= 0.3 is 12.1 Å². The largest absolute Gasteiger partial charge is 0.471 e. The first kappa shape index (κ1) is 26.8. The van der Waals surface area contributed by atoms with Crippen LogP contribution in [0.1, 0.15) is 47.5 Å². The zero-order valence-electron chi connectivity index (χ0n) is 20.5. The second kappa shape index (κ2) is 8.99. The smallest absolute Gasteiger partial charge is 0.356 e. The average molecular weight is 500 g/mol. The normalized spacial score (nSPS) is 28.9. The Morgan fingerprint density at radius 1 is 1.23 bits per heavy atom. The molecule has 35 heavy (non-hydrogen) atoms. The van der Waals surface area contributed by atoms with E-state index >= 15 is 0 Å². The Morgan fingerprint density at radius 3 is 2.34 bits per heavy atom. The van der Waals surface area contributed by atoms with E-state index in [-0.39, 0.29) is 36.1 Å². The van der Waals surface area contributed by atoms with Crippen LogP contribution in [0.25, 0.3) is 0 Å². The molecule has 0 radical (unpaired) electrons. The molecule has 0 bridgehead atoms. The van der Waals surface area contributed by atoms with Gasteiger partial charge in [0.15, 0.2) is 0 Å². The summed E-state index contributed by atoms with van der Waals surface area (Å²) in [5.41, 5.74) is -1.33. The quantitative estimate of drug-likeness (QED) is 0.504. The first-order chi connectivity index (χ1) is 16.0. The molecule has 2 unspecified atom stereocenters. The summed E-state index contributed by atoms with van der Waals surface area (Å²) in [6.07, 6.45) is -4.49. The standard InChI is InChI=1S/C23H32F3N5O4/c1-21(2,3)16(30-20(35)23(24,25)26)19(34)31-10-13-14(22(13,4)5)15(31)18(33)29-12(9-27)8-11-6-7-28-17(11)32/h11-16H,6-8,10H2,1-5H3,(H,28,32)(H,29,33)(H,30,35)/t11-,12-,13-,14-,15?,16?/m0/s1. The monoisotopic (exact) mass is 499 g/mol. The van der Waals surface area contributed by atoms with E-state index in [0.29, 0.717) is 13.0 Å². The van der Waals surface area contributed by atoms with E-state index in [1.807, 2.05) is 19.9 Å². The van der Waals surface area contributed by atoms with Gasteiger partial charge in [0.2, 0.25) is 17.7 Å². The highest BCUT2D eigenvalue weighted by Crippen LogP contribution is 2.65. The van der Waals surface area contributed by atoms with E-state index in [0.717, 1.165) is 0 Å². The van der Waals surface area contributed by atoms with Crippen molar-refractivity contribution in [2.45, 2.75) is 71.8 Å². The van der Waals surface area contributed by atoms with Crippen molar-refractivity contribution in [1.29, 1.82) is 5.26 Å². The Hall–Kier alpha value is -2.84. The first-order valence-electron chi connectivity index (χ1n) is 11.7. The summed E-state index contributed by atoms with van der Waals surface area (Å²) in [6.45, 7) is 9.13. The average Bonchev–Trinajstić information content (AvgIpc) is 3.10. The van der Waals surface area contributed by atoms with Gasteiger partial charge in [0.25, 0.3) is 0 Å². The molecule has 2 aliphatic heterocycles. The van der Waals surface area contributed by atoms with Crippen LogP contribution in [-0.4, -0.2) is 65.9 Å². The van der Waals surface area contributed by atoms with Crippen molar-refractivity contribution in [1.82, 2.24) is 20.9 Å². The molecule has 6 atom stereocenters. The van der Waals surface area contributed by atoms with Crippen molar-refractivity contribution in [2.75, 3.05) is 13.1 Å². The van der Waals surface area contributed by atoms with E-state index in [1.165, 1.54) is 25.7 Å². The SMILES string of the molecule is CC(C)(C)C(NC(=O)C(F)(F)F)C(=O)N1C[C@H]2[C@@H](C1C(=O)N[C@H](C#N)C[C@@H]1CCNC1=O)C2(C)C. The van der Waals surface area contributed by atoms with Crippen molar-refractivity contribution in [2.24, 2.45) is 28.6 Å². The van der Waals surface area contributed by atoms with Crippen LogP contribution in [0, 0.1) is 39.9 Å². The molecule has 2 saturated heterocycles. The van der Waals surface area contributed by atoms with Crippen LogP contribution in [0.4, 0.5) is 13.2 Å². The Kier molecular flexibility index (Phi) is 6.87. The third-order valence-corrected chi connectivity index (χ3v) is 7.56. The topological polar surface area (TPSA) is 131 Å². The summed E-state index contributed by atoms with van der Waals surface area (Å²) in [4.78, 5) is 51.6. The highest BCUT2D eigenvalue weighted by atomic mass is 19.4. The summed E-state index contributed by atoms with van der Waals surface area (Å²) in [6, 6.07) is -1.48. The van der Waals surface area contributed by atoms with Gasteiger partial charge in [-0.15, -0.1) is 0 Å². The number of hydrogen-bond acceptors (Lipinski definition) is 5. The number of rotatable bonds is 6. The summed E-state index contributed by atoms with van der Waals surface area (Å²) in [7, 11) is 0. The number of carbonyl (C=O) groups is 4. The fourth-order valence-electron chi connectivity index (χ4n) is 5.40. The zero-order valence-corrected chi connectivity index (χ0v) is 20.5. The van der Waals surface area contributed by atoms with Gasteiger partial charge < -0.3 is 20.9 Å². The van der Waals surface area contributed by atoms with Crippen LogP contribution in [0.2, 0.25) is 0 Å². The number of halogens is 3. The molecule has 3 N–H and O–H groups in total. The molecule has 3 aliphatic rings. The van der Waals surface area contributed by atoms with Crippen LogP contribution >= 0.6 is 0 Å². The van der Waals surface area contributed by atoms with Gasteiger partial charge in [0.1, 0.15) is 18.1 Å². The second-order valence-electron chi connectivity index (χ2n) is 11.4. The van der Waals surface area contributed by atoms with Gasteiger partial charge in [0, 0.05) is 19.0 Å². The minimum atomic E-state index is -5.16. The number of carbonyl (C=O) groups excluding carboxylic acids is 4. The van der Waals surface area contributed by atoms with E-state index in [2.05, 4.69) is 10.6 Å². The maximum Gasteiger partial charge on any atom is 0.471 e. The van der Waals surface area contributed by atoms with Crippen LogP contribution in [0.15, 0.2) is 0 Å². The molecular formula is C23H32F3N5O4. The van der Waals surface area contributed by atoms with Gasteiger partial charge in [-0.25, -0.2) is 0 Å². The minimum Gasteiger partial charge on any atom is -0.356 e. The molecule has 3 rings (SSSR count). The van der Waals surface area contributed by atoms with Gasteiger partial charge in [-0.2, -0.15) is 18.4 Å². The number of amides is 4. The lowest BCUT2D eigenvalue weighted by Crippen LogP contribution is -2.61. The summed E-state index contributed by atoms with van der Waals surface area (Å²) in [5.74, 6) is -4.46. The molecule has 4 amide bonds. The van der Waals surface area contributed by atoms with Crippen molar-refractivity contribution < 1.29 is 32.3 Å². The fraction of sp³-hybridized carbons (Fsp3) is 0.783. The van der Waals surface area contributed by atoms with E-state index < -0.39 is 53.4 Å². The number of alkyl halides is 3. The lowest BCUT2D eigenvalue weighted by Gasteiger charge is -2.37. The lowest BCUT2D eigenvalue weighted by atomic mass is 9.85. The molecular weight excluding hydrogens is 467 g/mol. The van der Waals surface area contributed by atoms with Crippen LogP contribution in [0.3, 0.4) is 0 Å². The molecule has 0 aromatic rings. The van der Waals surface area contributed by atoms with E-state index in [4.69, 9.17) is 0 Å². The minimum absolute atomic E-state index is 0.0396. The molecule has 1 saturated carbocycles. The second-order valence-corrected chi connectivity index (χ2v) is 11.4. The third kappa shape index (κ3) is 5.23. The number of nitrogens with zero attached hydrogens (tertiary/aromatic N) is 2. The van der Waals surface area contributed by atoms with Crippen LogP contribution < -0.4 is 16.0 Å². The number of hydrogen-bond donors (Lipinski definition) is 3. The number of nitriles is 1.